The Hall–Kier alpha value is -3.26. The summed E-state index contributed by atoms with van der Waals surface area (Å²) in [6.07, 6.45) is -0.0839. The van der Waals surface area contributed by atoms with Crippen molar-refractivity contribution in [3.8, 4) is 0 Å². The van der Waals surface area contributed by atoms with Gasteiger partial charge in [0.15, 0.2) is 0 Å². The van der Waals surface area contributed by atoms with Crippen molar-refractivity contribution in [2.45, 2.75) is 25.5 Å². The Morgan fingerprint density at radius 3 is 2.66 bits per heavy atom. The maximum absolute atomic E-state index is 13.3. The van der Waals surface area contributed by atoms with E-state index in [4.69, 9.17) is 0 Å². The van der Waals surface area contributed by atoms with Crippen LogP contribution in [0.3, 0.4) is 0 Å². The van der Waals surface area contributed by atoms with Gasteiger partial charge in [0.25, 0.3) is 11.8 Å². The molecule has 0 radical (unpaired) electrons. The molecule has 1 aromatic heterocycles. The van der Waals surface area contributed by atoms with Crippen LogP contribution in [0.5, 0.6) is 0 Å². The lowest BCUT2D eigenvalue weighted by atomic mass is 10.0. The molecule has 3 N–H and O–H groups in total. The zero-order valence-electron chi connectivity index (χ0n) is 15.6. The standard InChI is InChI=1S/C21H19F2N3O3/c1-12-6-14-9-17(2-3-18(14)25-12)26-5-4-21(29,20(26)28)19(27)24-11-13-7-15(22)10-16(23)8-13/h2-3,6-10,25,29H,4-5,11H2,1H3,(H,24,27). The van der Waals surface area contributed by atoms with Crippen LogP contribution in [0, 0.1) is 18.6 Å². The Kier molecular flexibility index (Phi) is 4.58. The van der Waals surface area contributed by atoms with Gasteiger partial charge in [0.2, 0.25) is 5.60 Å². The molecule has 8 heteroatoms. The molecule has 2 heterocycles. The highest BCUT2D eigenvalue weighted by Crippen LogP contribution is 2.31. The SMILES string of the molecule is Cc1cc2cc(N3CCC(O)(C(=O)NCc4cc(F)cc(F)c4)C3=O)ccc2[nH]1. The van der Waals surface area contributed by atoms with E-state index in [0.717, 1.165) is 34.8 Å². The smallest absolute Gasteiger partial charge is 0.268 e. The Balaban J connectivity index is 1.50. The molecule has 29 heavy (non-hydrogen) atoms. The van der Waals surface area contributed by atoms with E-state index in [1.165, 1.54) is 4.90 Å². The van der Waals surface area contributed by atoms with Gasteiger partial charge in [-0.1, -0.05) is 0 Å². The Labute approximate surface area is 165 Å². The maximum atomic E-state index is 13.3. The molecule has 6 nitrogen and oxygen atoms in total. The summed E-state index contributed by atoms with van der Waals surface area (Å²) < 4.78 is 26.6. The van der Waals surface area contributed by atoms with Crippen LogP contribution in [0.15, 0.2) is 42.5 Å². The summed E-state index contributed by atoms with van der Waals surface area (Å²) >= 11 is 0. The molecule has 1 fully saturated rings. The lowest BCUT2D eigenvalue weighted by Gasteiger charge is -2.22. The number of aromatic nitrogens is 1. The number of nitrogens with zero attached hydrogens (tertiary/aromatic N) is 1. The van der Waals surface area contributed by atoms with Crippen LogP contribution in [-0.4, -0.2) is 34.1 Å². The average molecular weight is 399 g/mol. The molecular formula is C21H19F2N3O3. The monoisotopic (exact) mass is 399 g/mol. The predicted molar refractivity (Wildman–Crippen MR) is 103 cm³/mol. The van der Waals surface area contributed by atoms with Gasteiger partial charge in [-0.15, -0.1) is 0 Å². The molecular weight excluding hydrogens is 380 g/mol. The van der Waals surface area contributed by atoms with Gasteiger partial charge in [0, 0.05) is 47.9 Å². The van der Waals surface area contributed by atoms with Crippen molar-refractivity contribution < 1.29 is 23.5 Å². The number of carbonyl (C=O) groups is 2. The number of anilines is 1. The number of hydrogen-bond acceptors (Lipinski definition) is 3. The average Bonchev–Trinajstić information content (AvgIpc) is 3.18. The molecule has 2 aromatic carbocycles. The second kappa shape index (κ2) is 6.97. The van der Waals surface area contributed by atoms with Crippen molar-refractivity contribution in [3.05, 3.63) is 65.4 Å². The summed E-state index contributed by atoms with van der Waals surface area (Å²) in [5, 5.41) is 14.0. The fourth-order valence-electron chi connectivity index (χ4n) is 3.64. The minimum Gasteiger partial charge on any atom is -0.372 e. The topological polar surface area (TPSA) is 85.4 Å². The molecule has 1 atom stereocenters. The molecule has 2 amide bonds. The third kappa shape index (κ3) is 3.47. The van der Waals surface area contributed by atoms with E-state index in [1.54, 1.807) is 6.07 Å². The highest BCUT2D eigenvalue weighted by atomic mass is 19.1. The van der Waals surface area contributed by atoms with Crippen molar-refractivity contribution in [1.82, 2.24) is 10.3 Å². The van der Waals surface area contributed by atoms with Gasteiger partial charge < -0.3 is 20.3 Å². The van der Waals surface area contributed by atoms with Crippen LogP contribution >= 0.6 is 0 Å². The van der Waals surface area contributed by atoms with E-state index in [2.05, 4.69) is 10.3 Å². The summed E-state index contributed by atoms with van der Waals surface area (Å²) in [5.41, 5.74) is 0.449. The Morgan fingerprint density at radius 1 is 1.21 bits per heavy atom. The predicted octanol–water partition coefficient (Wildman–Crippen LogP) is 2.54. The van der Waals surface area contributed by atoms with Crippen LogP contribution in [0.25, 0.3) is 10.9 Å². The van der Waals surface area contributed by atoms with E-state index in [-0.39, 0.29) is 25.1 Å². The molecule has 1 saturated heterocycles. The number of fused-ring (bicyclic) bond motifs is 1. The molecule has 150 valence electrons. The summed E-state index contributed by atoms with van der Waals surface area (Å²) in [6.45, 7) is 1.89. The van der Waals surface area contributed by atoms with Crippen molar-refractivity contribution in [1.29, 1.82) is 0 Å². The fraction of sp³-hybridized carbons (Fsp3) is 0.238. The first kappa shape index (κ1) is 19.1. The zero-order valence-corrected chi connectivity index (χ0v) is 15.6. The molecule has 4 rings (SSSR count). The summed E-state index contributed by atoms with van der Waals surface area (Å²) in [7, 11) is 0. The van der Waals surface area contributed by atoms with E-state index < -0.39 is 29.0 Å². The molecule has 0 aliphatic carbocycles. The third-order valence-electron chi connectivity index (χ3n) is 5.10. The number of aromatic amines is 1. The fourth-order valence-corrected chi connectivity index (χ4v) is 3.64. The summed E-state index contributed by atoms with van der Waals surface area (Å²) in [4.78, 5) is 29.9. The van der Waals surface area contributed by atoms with Crippen LogP contribution in [-0.2, 0) is 16.1 Å². The minimum atomic E-state index is -2.23. The van der Waals surface area contributed by atoms with Gasteiger partial charge in [0.05, 0.1) is 0 Å². The van der Waals surface area contributed by atoms with E-state index in [0.29, 0.717) is 5.69 Å². The number of rotatable bonds is 4. The second-order valence-corrected chi connectivity index (χ2v) is 7.25. The number of nitrogens with one attached hydrogen (secondary N) is 2. The first-order valence-electron chi connectivity index (χ1n) is 9.13. The number of aliphatic hydroxyl groups is 1. The summed E-state index contributed by atoms with van der Waals surface area (Å²) in [6, 6.07) is 10.2. The van der Waals surface area contributed by atoms with Gasteiger partial charge in [-0.2, -0.15) is 0 Å². The number of H-pyrrole nitrogens is 1. The normalized spacial score (nSPS) is 19.2. The number of halogens is 2. The lowest BCUT2D eigenvalue weighted by molar-refractivity contribution is -0.149. The molecule has 0 saturated carbocycles. The van der Waals surface area contributed by atoms with Gasteiger partial charge in [-0.25, -0.2) is 8.78 Å². The molecule has 1 aliphatic heterocycles. The molecule has 1 unspecified atom stereocenters. The quantitative estimate of drug-likeness (QED) is 0.590. The largest absolute Gasteiger partial charge is 0.372 e. The Bertz CT molecular complexity index is 1110. The van der Waals surface area contributed by atoms with Crippen LogP contribution in [0.2, 0.25) is 0 Å². The number of carbonyl (C=O) groups excluding carboxylic acids is 2. The molecule has 0 bridgehead atoms. The third-order valence-corrected chi connectivity index (χ3v) is 5.10. The second-order valence-electron chi connectivity index (χ2n) is 7.25. The van der Waals surface area contributed by atoms with E-state index in [9.17, 15) is 23.5 Å². The molecule has 1 aliphatic rings. The Morgan fingerprint density at radius 2 is 1.93 bits per heavy atom. The number of hydrogen-bond donors (Lipinski definition) is 3. The molecule has 0 spiro atoms. The van der Waals surface area contributed by atoms with Crippen LogP contribution in [0.4, 0.5) is 14.5 Å². The first-order valence-corrected chi connectivity index (χ1v) is 9.13. The minimum absolute atomic E-state index is 0.0839. The lowest BCUT2D eigenvalue weighted by Crippen LogP contribution is -2.52. The van der Waals surface area contributed by atoms with Crippen molar-refractivity contribution >= 4 is 28.4 Å². The zero-order chi connectivity index (χ0) is 20.8. The highest BCUT2D eigenvalue weighted by Gasteiger charge is 2.51. The van der Waals surface area contributed by atoms with Gasteiger partial charge in [-0.05, 0) is 48.9 Å². The van der Waals surface area contributed by atoms with Crippen molar-refractivity contribution in [2.75, 3.05) is 11.4 Å². The van der Waals surface area contributed by atoms with Gasteiger partial charge >= 0.3 is 0 Å². The number of aryl methyl sites for hydroxylation is 1. The summed E-state index contributed by atoms with van der Waals surface area (Å²) in [5.74, 6) is -3.17. The molecule has 3 aromatic rings. The number of benzene rings is 2. The van der Waals surface area contributed by atoms with E-state index in [1.807, 2.05) is 25.1 Å². The van der Waals surface area contributed by atoms with Crippen molar-refractivity contribution in [3.63, 3.8) is 0 Å². The van der Waals surface area contributed by atoms with Gasteiger partial charge in [-0.3, -0.25) is 9.59 Å². The van der Waals surface area contributed by atoms with Crippen LogP contribution in [0.1, 0.15) is 17.7 Å². The van der Waals surface area contributed by atoms with E-state index >= 15 is 0 Å². The van der Waals surface area contributed by atoms with Gasteiger partial charge in [0.1, 0.15) is 11.6 Å². The van der Waals surface area contributed by atoms with Crippen LogP contribution < -0.4 is 10.2 Å². The highest BCUT2D eigenvalue weighted by molar-refractivity contribution is 6.16. The van der Waals surface area contributed by atoms with Crippen molar-refractivity contribution in [2.24, 2.45) is 0 Å². The first-order chi connectivity index (χ1) is 13.8. The number of amides is 2. The maximum Gasteiger partial charge on any atom is 0.268 e.